The quantitative estimate of drug-likeness (QED) is 0.595. The molecular weight excluding hydrogens is 336 g/mol. The van der Waals surface area contributed by atoms with E-state index in [0.717, 1.165) is 10.8 Å². The first-order valence-corrected chi connectivity index (χ1v) is 9.99. The predicted octanol–water partition coefficient (Wildman–Crippen LogP) is 0.596. The van der Waals surface area contributed by atoms with Crippen molar-refractivity contribution in [2.24, 2.45) is 4.99 Å². The van der Waals surface area contributed by atoms with Crippen LogP contribution in [-0.2, 0) is 21.3 Å². The molecule has 1 saturated heterocycles. The summed E-state index contributed by atoms with van der Waals surface area (Å²) in [6.45, 7) is 2.33. The van der Waals surface area contributed by atoms with Crippen molar-refractivity contribution in [3.05, 3.63) is 17.0 Å². The van der Waals surface area contributed by atoms with Crippen LogP contribution < -0.4 is 10.6 Å². The van der Waals surface area contributed by atoms with Crippen molar-refractivity contribution < 1.29 is 13.2 Å². The number of ether oxygens (including phenoxy) is 1. The summed E-state index contributed by atoms with van der Waals surface area (Å²) < 4.78 is 32.2. The average molecular weight is 358 g/mol. The summed E-state index contributed by atoms with van der Waals surface area (Å²) in [6.07, 6.45) is 2.36. The minimum absolute atomic E-state index is 0.390. The van der Waals surface area contributed by atoms with Crippen LogP contribution in [0.3, 0.4) is 0 Å². The number of sulfonamides is 1. The fourth-order valence-electron chi connectivity index (χ4n) is 2.29. The Bertz CT molecular complexity index is 661. The highest BCUT2D eigenvalue weighted by atomic mass is 32.2. The summed E-state index contributed by atoms with van der Waals surface area (Å²) in [6, 6.07) is 4.07. The van der Waals surface area contributed by atoms with E-state index in [0.29, 0.717) is 43.1 Å². The lowest BCUT2D eigenvalue weighted by molar-refractivity contribution is 0.0731. The third-order valence-electron chi connectivity index (χ3n) is 3.77. The zero-order valence-electron chi connectivity index (χ0n) is 13.1. The van der Waals surface area contributed by atoms with Gasteiger partial charge in [0, 0.05) is 31.1 Å². The van der Waals surface area contributed by atoms with Crippen molar-refractivity contribution in [1.82, 2.24) is 14.9 Å². The number of guanidine groups is 1. The molecule has 9 heteroatoms. The van der Waals surface area contributed by atoms with Crippen LogP contribution in [0.1, 0.15) is 17.7 Å². The number of hydrogen-bond donors (Lipinski definition) is 2. The first-order chi connectivity index (χ1) is 11.1. The lowest BCUT2D eigenvalue weighted by Gasteiger charge is -2.25. The van der Waals surface area contributed by atoms with Crippen LogP contribution in [-0.4, -0.2) is 58.1 Å². The topological polar surface area (TPSA) is 83.0 Å². The molecule has 0 aromatic carbocycles. The molecule has 1 aliphatic carbocycles. The Morgan fingerprint density at radius 3 is 2.78 bits per heavy atom. The molecular formula is C14H22N4O3S2. The maximum atomic E-state index is 12.6. The Kier molecular flexibility index (Phi) is 5.20. The molecule has 0 unspecified atom stereocenters. The maximum Gasteiger partial charge on any atom is 0.252 e. The van der Waals surface area contributed by atoms with Gasteiger partial charge < -0.3 is 15.4 Å². The molecule has 1 aromatic rings. The Labute approximate surface area is 140 Å². The van der Waals surface area contributed by atoms with Crippen molar-refractivity contribution >= 4 is 27.3 Å². The van der Waals surface area contributed by atoms with Gasteiger partial charge in [-0.1, -0.05) is 0 Å². The summed E-state index contributed by atoms with van der Waals surface area (Å²) in [7, 11) is -1.66. The van der Waals surface area contributed by atoms with Gasteiger partial charge in [-0.15, -0.1) is 11.3 Å². The SMILES string of the molecule is CN=C(NCc1ccc(S(=O)(=O)N2CCOCC2)s1)NC1CC1. The molecule has 1 saturated carbocycles. The van der Waals surface area contributed by atoms with E-state index >= 15 is 0 Å². The zero-order valence-corrected chi connectivity index (χ0v) is 14.8. The van der Waals surface area contributed by atoms with Gasteiger partial charge in [-0.05, 0) is 25.0 Å². The number of morpholine rings is 1. The molecule has 2 heterocycles. The van der Waals surface area contributed by atoms with Crippen molar-refractivity contribution in [3.8, 4) is 0 Å². The van der Waals surface area contributed by atoms with E-state index in [1.807, 2.05) is 6.07 Å². The van der Waals surface area contributed by atoms with Crippen LogP contribution in [0.15, 0.2) is 21.3 Å². The Morgan fingerprint density at radius 1 is 1.39 bits per heavy atom. The van der Waals surface area contributed by atoms with Crippen LogP contribution in [0.5, 0.6) is 0 Å². The first-order valence-electron chi connectivity index (χ1n) is 7.73. The first kappa shape index (κ1) is 16.7. The van der Waals surface area contributed by atoms with Gasteiger partial charge in [0.2, 0.25) is 0 Å². The molecule has 128 valence electrons. The van der Waals surface area contributed by atoms with Crippen LogP contribution in [0.25, 0.3) is 0 Å². The molecule has 2 N–H and O–H groups in total. The van der Waals surface area contributed by atoms with Gasteiger partial charge in [0.1, 0.15) is 4.21 Å². The number of nitrogens with zero attached hydrogens (tertiary/aromatic N) is 2. The summed E-state index contributed by atoms with van der Waals surface area (Å²) in [5.74, 6) is 0.762. The van der Waals surface area contributed by atoms with Gasteiger partial charge in [-0.25, -0.2) is 8.42 Å². The van der Waals surface area contributed by atoms with Crippen LogP contribution in [0, 0.1) is 0 Å². The summed E-state index contributed by atoms with van der Waals surface area (Å²) in [5, 5.41) is 6.52. The summed E-state index contributed by atoms with van der Waals surface area (Å²) in [4.78, 5) is 5.14. The fraction of sp³-hybridized carbons (Fsp3) is 0.643. The Balaban J connectivity index is 1.60. The molecule has 23 heavy (non-hydrogen) atoms. The third kappa shape index (κ3) is 4.23. The predicted molar refractivity (Wildman–Crippen MR) is 90.3 cm³/mol. The molecule has 7 nitrogen and oxygen atoms in total. The normalized spacial score (nSPS) is 20.5. The van der Waals surface area contributed by atoms with Gasteiger partial charge in [0.25, 0.3) is 10.0 Å². The van der Waals surface area contributed by atoms with Crippen LogP contribution >= 0.6 is 11.3 Å². The summed E-state index contributed by atoms with van der Waals surface area (Å²) >= 11 is 1.30. The van der Waals surface area contributed by atoms with Gasteiger partial charge in [-0.2, -0.15) is 4.31 Å². The number of rotatable bonds is 5. The van der Waals surface area contributed by atoms with Crippen LogP contribution in [0.2, 0.25) is 0 Å². The van der Waals surface area contributed by atoms with E-state index in [1.165, 1.54) is 28.5 Å². The molecule has 1 aromatic heterocycles. The number of thiophene rings is 1. The maximum absolute atomic E-state index is 12.6. The average Bonchev–Trinajstić information content (AvgIpc) is 3.26. The highest BCUT2D eigenvalue weighted by Gasteiger charge is 2.27. The van der Waals surface area contributed by atoms with E-state index in [4.69, 9.17) is 4.74 Å². The molecule has 0 spiro atoms. The van der Waals surface area contributed by atoms with E-state index in [9.17, 15) is 8.42 Å². The molecule has 1 aliphatic heterocycles. The van der Waals surface area contributed by atoms with Crippen molar-refractivity contribution in [2.45, 2.75) is 29.6 Å². The number of nitrogens with one attached hydrogen (secondary N) is 2. The fourth-order valence-corrected chi connectivity index (χ4v) is 5.15. The van der Waals surface area contributed by atoms with Crippen molar-refractivity contribution in [2.75, 3.05) is 33.4 Å². The van der Waals surface area contributed by atoms with Crippen molar-refractivity contribution in [3.63, 3.8) is 0 Å². The zero-order chi connectivity index (χ0) is 16.3. The minimum atomic E-state index is -3.40. The Morgan fingerprint density at radius 2 is 2.13 bits per heavy atom. The number of aliphatic imine (C=N–C) groups is 1. The second kappa shape index (κ2) is 7.16. The van der Waals surface area contributed by atoms with Gasteiger partial charge in [0.05, 0.1) is 19.8 Å². The van der Waals surface area contributed by atoms with E-state index in [2.05, 4.69) is 15.6 Å². The van der Waals surface area contributed by atoms with E-state index < -0.39 is 10.0 Å². The molecule has 0 bridgehead atoms. The highest BCUT2D eigenvalue weighted by Crippen LogP contribution is 2.25. The van der Waals surface area contributed by atoms with Gasteiger partial charge in [-0.3, -0.25) is 4.99 Å². The molecule has 0 amide bonds. The Hall–Kier alpha value is -1.16. The molecule has 3 rings (SSSR count). The lowest BCUT2D eigenvalue weighted by Crippen LogP contribution is -2.40. The van der Waals surface area contributed by atoms with E-state index in [-0.39, 0.29) is 0 Å². The largest absolute Gasteiger partial charge is 0.379 e. The minimum Gasteiger partial charge on any atom is -0.379 e. The smallest absolute Gasteiger partial charge is 0.252 e. The molecule has 2 fully saturated rings. The molecule has 0 radical (unpaired) electrons. The van der Waals surface area contributed by atoms with Gasteiger partial charge in [0.15, 0.2) is 5.96 Å². The van der Waals surface area contributed by atoms with E-state index in [1.54, 1.807) is 13.1 Å². The second-order valence-electron chi connectivity index (χ2n) is 5.58. The van der Waals surface area contributed by atoms with Crippen molar-refractivity contribution in [1.29, 1.82) is 0 Å². The standard InChI is InChI=1S/C14H22N4O3S2/c1-15-14(17-11-2-3-11)16-10-12-4-5-13(22-12)23(19,20)18-6-8-21-9-7-18/h4-5,11H,2-3,6-10H2,1H3,(H2,15,16,17). The second-order valence-corrected chi connectivity index (χ2v) is 8.91. The monoisotopic (exact) mass is 358 g/mol. The molecule has 0 atom stereocenters. The molecule has 2 aliphatic rings. The summed E-state index contributed by atoms with van der Waals surface area (Å²) in [5.41, 5.74) is 0. The number of hydrogen-bond acceptors (Lipinski definition) is 5. The third-order valence-corrected chi connectivity index (χ3v) is 7.22. The van der Waals surface area contributed by atoms with Crippen LogP contribution in [0.4, 0.5) is 0 Å². The lowest BCUT2D eigenvalue weighted by atomic mass is 10.4. The van der Waals surface area contributed by atoms with Gasteiger partial charge >= 0.3 is 0 Å². The highest BCUT2D eigenvalue weighted by molar-refractivity contribution is 7.91.